The third-order valence-electron chi connectivity index (χ3n) is 2.46. The smallest absolute Gasteiger partial charge is 0.248 e. The summed E-state index contributed by atoms with van der Waals surface area (Å²) in [5, 5.41) is 0.699. The summed E-state index contributed by atoms with van der Waals surface area (Å²) < 4.78 is 5.57. The van der Waals surface area contributed by atoms with Gasteiger partial charge in [0.25, 0.3) is 0 Å². The van der Waals surface area contributed by atoms with E-state index in [1.165, 1.54) is 0 Å². The Morgan fingerprint density at radius 1 is 1.06 bits per heavy atom. The van der Waals surface area contributed by atoms with Crippen molar-refractivity contribution in [3.05, 3.63) is 64.7 Å². The van der Waals surface area contributed by atoms with Crippen LogP contribution in [0.25, 0.3) is 0 Å². The second-order valence-electron chi connectivity index (χ2n) is 3.80. The highest BCUT2D eigenvalue weighted by atomic mass is 35.5. The molecule has 1 amide bonds. The second kappa shape index (κ2) is 5.56. The molecule has 2 N–H and O–H groups in total. The van der Waals surface area contributed by atoms with Crippen molar-refractivity contribution in [1.82, 2.24) is 0 Å². The topological polar surface area (TPSA) is 52.3 Å². The fourth-order valence-corrected chi connectivity index (χ4v) is 1.59. The van der Waals surface area contributed by atoms with Crippen LogP contribution in [0.15, 0.2) is 48.5 Å². The minimum absolute atomic E-state index is 0.445. The molecule has 0 heterocycles. The van der Waals surface area contributed by atoms with E-state index in [9.17, 15) is 4.79 Å². The summed E-state index contributed by atoms with van der Waals surface area (Å²) in [5.74, 6) is 0.245. The van der Waals surface area contributed by atoms with Crippen LogP contribution in [0.1, 0.15) is 15.9 Å². The molecule has 0 saturated carbocycles. The third kappa shape index (κ3) is 3.25. The van der Waals surface area contributed by atoms with Gasteiger partial charge in [0.15, 0.2) is 0 Å². The van der Waals surface area contributed by atoms with Gasteiger partial charge in [-0.05, 0) is 42.0 Å². The van der Waals surface area contributed by atoms with Crippen LogP contribution in [0.4, 0.5) is 0 Å². The summed E-state index contributed by atoms with van der Waals surface area (Å²) in [5.41, 5.74) is 6.64. The van der Waals surface area contributed by atoms with Crippen LogP contribution in [-0.2, 0) is 6.61 Å². The van der Waals surface area contributed by atoms with E-state index >= 15 is 0 Å². The average Bonchev–Trinajstić information content (AvgIpc) is 2.38. The lowest BCUT2D eigenvalue weighted by Crippen LogP contribution is -2.10. The average molecular weight is 262 g/mol. The highest BCUT2D eigenvalue weighted by molar-refractivity contribution is 6.30. The minimum Gasteiger partial charge on any atom is -0.489 e. The number of hydrogen-bond donors (Lipinski definition) is 1. The molecule has 0 saturated heterocycles. The number of primary amides is 1. The van der Waals surface area contributed by atoms with Crippen LogP contribution in [0, 0.1) is 0 Å². The Balaban J connectivity index is 1.97. The first-order valence-electron chi connectivity index (χ1n) is 5.42. The van der Waals surface area contributed by atoms with Crippen molar-refractivity contribution in [2.24, 2.45) is 5.73 Å². The molecule has 0 aromatic heterocycles. The number of hydrogen-bond acceptors (Lipinski definition) is 2. The Morgan fingerprint density at radius 2 is 1.67 bits per heavy atom. The molecule has 2 aromatic carbocycles. The molecule has 2 rings (SSSR count). The Morgan fingerprint density at radius 3 is 2.22 bits per heavy atom. The van der Waals surface area contributed by atoms with E-state index in [0.717, 1.165) is 5.56 Å². The standard InChI is InChI=1S/C14H12ClNO2/c15-12-5-1-10(2-6-12)9-18-13-7-3-11(4-8-13)14(16)17/h1-8H,9H2,(H2,16,17). The Hall–Kier alpha value is -2.00. The molecule has 3 nitrogen and oxygen atoms in total. The molecule has 0 aliphatic rings. The lowest BCUT2D eigenvalue weighted by molar-refractivity contribution is 0.100. The van der Waals surface area contributed by atoms with Gasteiger partial charge < -0.3 is 10.5 Å². The number of benzene rings is 2. The van der Waals surface area contributed by atoms with E-state index in [2.05, 4.69) is 0 Å². The van der Waals surface area contributed by atoms with E-state index in [-0.39, 0.29) is 0 Å². The predicted molar refractivity (Wildman–Crippen MR) is 70.7 cm³/mol. The third-order valence-corrected chi connectivity index (χ3v) is 2.71. The number of carbonyl (C=O) groups is 1. The molecule has 0 aliphatic carbocycles. The molecule has 0 unspecified atom stereocenters. The molecule has 0 aliphatic heterocycles. The van der Waals surface area contributed by atoms with Gasteiger partial charge >= 0.3 is 0 Å². The lowest BCUT2D eigenvalue weighted by Gasteiger charge is -2.06. The quantitative estimate of drug-likeness (QED) is 0.920. The van der Waals surface area contributed by atoms with Crippen LogP contribution >= 0.6 is 11.6 Å². The zero-order valence-electron chi connectivity index (χ0n) is 9.60. The largest absolute Gasteiger partial charge is 0.489 e. The van der Waals surface area contributed by atoms with Gasteiger partial charge in [-0.25, -0.2) is 0 Å². The normalized spacial score (nSPS) is 10.1. The summed E-state index contributed by atoms with van der Waals surface area (Å²) in [4.78, 5) is 10.9. The SMILES string of the molecule is NC(=O)c1ccc(OCc2ccc(Cl)cc2)cc1. The van der Waals surface area contributed by atoms with Gasteiger partial charge in [0, 0.05) is 10.6 Å². The van der Waals surface area contributed by atoms with Crippen LogP contribution in [-0.4, -0.2) is 5.91 Å². The van der Waals surface area contributed by atoms with Crippen molar-refractivity contribution in [1.29, 1.82) is 0 Å². The van der Waals surface area contributed by atoms with Gasteiger partial charge in [-0.1, -0.05) is 23.7 Å². The summed E-state index contributed by atoms with van der Waals surface area (Å²) in [7, 11) is 0. The lowest BCUT2D eigenvalue weighted by atomic mass is 10.2. The van der Waals surface area contributed by atoms with Gasteiger partial charge in [0.2, 0.25) is 5.91 Å². The van der Waals surface area contributed by atoms with Crippen molar-refractivity contribution >= 4 is 17.5 Å². The molecule has 0 radical (unpaired) electrons. The number of rotatable bonds is 4. The van der Waals surface area contributed by atoms with Gasteiger partial charge in [0.1, 0.15) is 12.4 Å². The monoisotopic (exact) mass is 261 g/mol. The van der Waals surface area contributed by atoms with E-state index < -0.39 is 5.91 Å². The molecule has 92 valence electrons. The van der Waals surface area contributed by atoms with Crippen LogP contribution in [0.5, 0.6) is 5.75 Å². The van der Waals surface area contributed by atoms with Crippen LogP contribution < -0.4 is 10.5 Å². The Kier molecular flexibility index (Phi) is 3.85. The van der Waals surface area contributed by atoms with Gasteiger partial charge in [-0.15, -0.1) is 0 Å². The van der Waals surface area contributed by atoms with Crippen molar-refractivity contribution < 1.29 is 9.53 Å². The summed E-state index contributed by atoms with van der Waals surface area (Å²) in [6.07, 6.45) is 0. The Labute approximate surface area is 110 Å². The maximum absolute atomic E-state index is 10.9. The molecular weight excluding hydrogens is 250 g/mol. The number of nitrogens with two attached hydrogens (primary N) is 1. The van der Waals surface area contributed by atoms with E-state index in [1.807, 2.05) is 24.3 Å². The number of ether oxygens (including phenoxy) is 1. The Bertz CT molecular complexity index is 535. The molecule has 2 aromatic rings. The van der Waals surface area contributed by atoms with Crippen molar-refractivity contribution in [3.63, 3.8) is 0 Å². The zero-order chi connectivity index (χ0) is 13.0. The highest BCUT2D eigenvalue weighted by Crippen LogP contribution is 2.15. The first kappa shape index (κ1) is 12.5. The number of amides is 1. The summed E-state index contributed by atoms with van der Waals surface area (Å²) in [6.45, 7) is 0.451. The highest BCUT2D eigenvalue weighted by Gasteiger charge is 2.00. The molecule has 0 bridgehead atoms. The summed E-state index contributed by atoms with van der Waals surface area (Å²) in [6, 6.07) is 14.2. The van der Waals surface area contributed by atoms with Crippen LogP contribution in [0.3, 0.4) is 0 Å². The van der Waals surface area contributed by atoms with Crippen molar-refractivity contribution in [3.8, 4) is 5.75 Å². The molecule has 18 heavy (non-hydrogen) atoms. The molecule has 0 spiro atoms. The second-order valence-corrected chi connectivity index (χ2v) is 4.24. The van der Waals surface area contributed by atoms with Gasteiger partial charge in [0.05, 0.1) is 0 Å². The first-order valence-corrected chi connectivity index (χ1v) is 5.80. The van der Waals surface area contributed by atoms with Gasteiger partial charge in [-0.3, -0.25) is 4.79 Å². The van der Waals surface area contributed by atoms with E-state index in [0.29, 0.717) is 22.9 Å². The molecule has 4 heteroatoms. The summed E-state index contributed by atoms with van der Waals surface area (Å²) >= 11 is 5.79. The predicted octanol–water partition coefficient (Wildman–Crippen LogP) is 3.02. The fraction of sp³-hybridized carbons (Fsp3) is 0.0714. The molecular formula is C14H12ClNO2. The van der Waals surface area contributed by atoms with Crippen molar-refractivity contribution in [2.45, 2.75) is 6.61 Å². The maximum Gasteiger partial charge on any atom is 0.248 e. The number of halogens is 1. The molecule has 0 fully saturated rings. The minimum atomic E-state index is -0.445. The van der Waals surface area contributed by atoms with Gasteiger partial charge in [-0.2, -0.15) is 0 Å². The van der Waals surface area contributed by atoms with Crippen molar-refractivity contribution in [2.75, 3.05) is 0 Å². The molecule has 0 atom stereocenters. The number of carbonyl (C=O) groups excluding carboxylic acids is 1. The fourth-order valence-electron chi connectivity index (χ4n) is 1.46. The maximum atomic E-state index is 10.9. The van der Waals surface area contributed by atoms with E-state index in [4.69, 9.17) is 22.1 Å². The van der Waals surface area contributed by atoms with Crippen LogP contribution in [0.2, 0.25) is 5.02 Å². The van der Waals surface area contributed by atoms with E-state index in [1.54, 1.807) is 24.3 Å². The first-order chi connectivity index (χ1) is 8.65. The zero-order valence-corrected chi connectivity index (χ0v) is 10.4.